The second-order valence-corrected chi connectivity index (χ2v) is 7.80. The molecule has 0 N–H and O–H groups in total. The molecular weight excluding hydrogens is 494 g/mol. The van der Waals surface area contributed by atoms with Gasteiger partial charge in [-0.2, -0.15) is 13.2 Å². The molecule has 0 fully saturated rings. The molecule has 0 aliphatic carbocycles. The van der Waals surface area contributed by atoms with Crippen LogP contribution in [-0.2, 0) is 19.3 Å². The summed E-state index contributed by atoms with van der Waals surface area (Å²) in [5.74, 6) is 0.184. The van der Waals surface area contributed by atoms with Gasteiger partial charge in [-0.1, -0.05) is 11.3 Å². The number of benzene rings is 2. The lowest BCUT2D eigenvalue weighted by Crippen LogP contribution is -2.05. The molecule has 5 aromatic rings. The van der Waals surface area contributed by atoms with Crippen molar-refractivity contribution in [3.8, 4) is 17.2 Å². The van der Waals surface area contributed by atoms with Gasteiger partial charge in [-0.3, -0.25) is 0 Å². The summed E-state index contributed by atoms with van der Waals surface area (Å²) in [6, 6.07) is 9.41. The second kappa shape index (κ2) is 10.1. The Morgan fingerprint density at radius 3 is 2.49 bits per heavy atom. The lowest BCUT2D eigenvalue weighted by Gasteiger charge is -2.07. The molecule has 0 saturated heterocycles. The van der Waals surface area contributed by atoms with Crippen molar-refractivity contribution in [2.24, 2.45) is 0 Å². The number of hydrogen-bond donors (Lipinski definition) is 0. The number of alkyl halides is 3. The molecule has 0 atom stereocenters. The largest absolute Gasteiger partial charge is 0.487 e. The standard InChI is InChI=1S/C25H17F4N5O3/c26-22-11-18(25(27,28)29)5-1-16(22)4-8-23-31-20(15-36-23)14-35-21-6-2-17(3-7-21)24-32-19(13-37-24)12-34-10-9-30-33-34/h1-11,13,15H,12,14H2/b8-4+. The number of ether oxygens (including phenoxy) is 1. The highest BCUT2D eigenvalue weighted by molar-refractivity contribution is 5.66. The van der Waals surface area contributed by atoms with Crippen LogP contribution in [-0.4, -0.2) is 25.0 Å². The monoisotopic (exact) mass is 511 g/mol. The van der Waals surface area contributed by atoms with E-state index in [1.165, 1.54) is 18.4 Å². The maximum absolute atomic E-state index is 14.0. The molecule has 188 valence electrons. The number of halogens is 4. The van der Waals surface area contributed by atoms with Crippen LogP contribution in [0.4, 0.5) is 17.6 Å². The molecule has 12 heteroatoms. The zero-order chi connectivity index (χ0) is 25.8. The maximum Gasteiger partial charge on any atom is 0.416 e. The molecule has 0 spiro atoms. The smallest absolute Gasteiger partial charge is 0.416 e. The number of rotatable bonds is 8. The Balaban J connectivity index is 1.16. The van der Waals surface area contributed by atoms with E-state index in [1.54, 1.807) is 47.6 Å². The van der Waals surface area contributed by atoms with Crippen LogP contribution in [0.25, 0.3) is 23.6 Å². The van der Waals surface area contributed by atoms with Crippen molar-refractivity contribution < 1.29 is 31.1 Å². The lowest BCUT2D eigenvalue weighted by molar-refractivity contribution is -0.137. The molecule has 0 aliphatic heterocycles. The van der Waals surface area contributed by atoms with Gasteiger partial charge in [0.1, 0.15) is 42.1 Å². The van der Waals surface area contributed by atoms with Gasteiger partial charge in [-0.05, 0) is 42.5 Å². The highest BCUT2D eigenvalue weighted by atomic mass is 19.4. The van der Waals surface area contributed by atoms with E-state index in [4.69, 9.17) is 13.6 Å². The minimum atomic E-state index is -4.61. The summed E-state index contributed by atoms with van der Waals surface area (Å²) < 4.78 is 70.2. The molecule has 8 nitrogen and oxygen atoms in total. The zero-order valence-corrected chi connectivity index (χ0v) is 18.9. The maximum atomic E-state index is 14.0. The van der Waals surface area contributed by atoms with E-state index in [-0.39, 0.29) is 18.1 Å². The first-order valence-corrected chi connectivity index (χ1v) is 10.8. The van der Waals surface area contributed by atoms with Gasteiger partial charge in [0.05, 0.1) is 18.3 Å². The van der Waals surface area contributed by atoms with Crippen molar-refractivity contribution in [1.82, 2.24) is 25.0 Å². The van der Waals surface area contributed by atoms with Crippen LogP contribution in [0.2, 0.25) is 0 Å². The van der Waals surface area contributed by atoms with Gasteiger partial charge in [-0.15, -0.1) is 5.10 Å². The summed E-state index contributed by atoms with van der Waals surface area (Å²) in [6.45, 7) is 0.547. The van der Waals surface area contributed by atoms with Crippen LogP contribution < -0.4 is 4.74 Å². The van der Waals surface area contributed by atoms with Crippen LogP contribution in [0.1, 0.15) is 28.4 Å². The van der Waals surface area contributed by atoms with E-state index in [0.717, 1.165) is 17.7 Å². The molecule has 5 rings (SSSR count). The molecule has 37 heavy (non-hydrogen) atoms. The summed E-state index contributed by atoms with van der Waals surface area (Å²) in [4.78, 5) is 8.65. The van der Waals surface area contributed by atoms with Gasteiger partial charge in [0.2, 0.25) is 11.8 Å². The summed E-state index contributed by atoms with van der Waals surface area (Å²) in [7, 11) is 0. The third-order valence-corrected chi connectivity index (χ3v) is 5.14. The van der Waals surface area contributed by atoms with Crippen molar-refractivity contribution in [2.75, 3.05) is 0 Å². The third-order valence-electron chi connectivity index (χ3n) is 5.14. The molecule has 2 aromatic carbocycles. The lowest BCUT2D eigenvalue weighted by atomic mass is 10.1. The predicted molar refractivity (Wildman–Crippen MR) is 122 cm³/mol. The topological polar surface area (TPSA) is 92.0 Å². The van der Waals surface area contributed by atoms with Gasteiger partial charge in [-0.25, -0.2) is 19.0 Å². The number of oxazole rings is 2. The van der Waals surface area contributed by atoms with Crippen molar-refractivity contribution in [2.45, 2.75) is 19.3 Å². The fraction of sp³-hybridized carbons (Fsp3) is 0.120. The fourth-order valence-electron chi connectivity index (χ4n) is 3.31. The molecular formula is C25H17F4N5O3. The van der Waals surface area contributed by atoms with Gasteiger partial charge in [0.15, 0.2) is 0 Å². The van der Waals surface area contributed by atoms with Gasteiger partial charge in [0.25, 0.3) is 0 Å². The van der Waals surface area contributed by atoms with Crippen molar-refractivity contribution in [3.63, 3.8) is 0 Å². The van der Waals surface area contributed by atoms with Crippen LogP contribution in [0, 0.1) is 5.82 Å². The predicted octanol–water partition coefficient (Wildman–Crippen LogP) is 5.88. The van der Waals surface area contributed by atoms with Gasteiger partial charge >= 0.3 is 6.18 Å². The van der Waals surface area contributed by atoms with E-state index in [2.05, 4.69) is 20.3 Å². The third kappa shape index (κ3) is 5.92. The Labute approximate surface area is 206 Å². The first-order chi connectivity index (χ1) is 17.8. The fourth-order valence-corrected chi connectivity index (χ4v) is 3.31. The number of aromatic nitrogens is 5. The van der Waals surface area contributed by atoms with Crippen LogP contribution in [0.15, 0.2) is 76.2 Å². The van der Waals surface area contributed by atoms with E-state index in [0.29, 0.717) is 35.6 Å². The molecule has 0 radical (unpaired) electrons. The Bertz CT molecular complexity index is 1510. The van der Waals surface area contributed by atoms with Crippen molar-refractivity contribution >= 4 is 12.2 Å². The van der Waals surface area contributed by atoms with Crippen LogP contribution in [0.3, 0.4) is 0 Å². The van der Waals surface area contributed by atoms with Crippen LogP contribution >= 0.6 is 0 Å². The molecule has 0 bridgehead atoms. The highest BCUT2D eigenvalue weighted by Gasteiger charge is 2.31. The molecule has 0 saturated carbocycles. The summed E-state index contributed by atoms with van der Waals surface area (Å²) in [5, 5.41) is 7.64. The van der Waals surface area contributed by atoms with Crippen molar-refractivity contribution in [1.29, 1.82) is 0 Å². The Morgan fingerprint density at radius 1 is 0.946 bits per heavy atom. The SMILES string of the molecule is Fc1cc(C(F)(F)F)ccc1/C=C/c1nc(COc2ccc(-c3nc(Cn4ccnn4)co3)cc2)co1. The number of hydrogen-bond acceptors (Lipinski definition) is 7. The van der Waals surface area contributed by atoms with E-state index in [1.807, 2.05) is 0 Å². The Hall–Kier alpha value is -4.74. The van der Waals surface area contributed by atoms with Crippen molar-refractivity contribution in [3.05, 3.63) is 102 Å². The molecule has 0 unspecified atom stereocenters. The van der Waals surface area contributed by atoms with Gasteiger partial charge in [0, 0.05) is 23.4 Å². The first kappa shape index (κ1) is 24.0. The summed E-state index contributed by atoms with van der Waals surface area (Å²) in [5.41, 5.74) is 0.862. The first-order valence-electron chi connectivity index (χ1n) is 10.8. The minimum absolute atomic E-state index is 0.0272. The molecule has 3 aromatic heterocycles. The normalized spacial score (nSPS) is 11.9. The van der Waals surface area contributed by atoms with E-state index >= 15 is 0 Å². The Kier molecular flexibility index (Phi) is 6.54. The zero-order valence-electron chi connectivity index (χ0n) is 18.9. The van der Waals surface area contributed by atoms with E-state index in [9.17, 15) is 17.6 Å². The van der Waals surface area contributed by atoms with Crippen LogP contribution in [0.5, 0.6) is 5.75 Å². The average Bonchev–Trinajstić information content (AvgIpc) is 3.65. The highest BCUT2D eigenvalue weighted by Crippen LogP contribution is 2.30. The second-order valence-electron chi connectivity index (χ2n) is 7.80. The van der Waals surface area contributed by atoms with E-state index < -0.39 is 17.6 Å². The van der Waals surface area contributed by atoms with Gasteiger partial charge < -0.3 is 13.6 Å². The number of nitrogens with zero attached hydrogens (tertiary/aromatic N) is 5. The molecule has 3 heterocycles. The quantitative estimate of drug-likeness (QED) is 0.240. The molecule has 0 aliphatic rings. The minimum Gasteiger partial charge on any atom is -0.487 e. The molecule has 0 amide bonds. The summed E-state index contributed by atoms with van der Waals surface area (Å²) >= 11 is 0. The average molecular weight is 511 g/mol. The Morgan fingerprint density at radius 2 is 1.76 bits per heavy atom. The summed E-state index contributed by atoms with van der Waals surface area (Å²) in [6.07, 6.45) is 4.28.